The number of nitrogens with zero attached hydrogens (tertiary/aromatic N) is 3. The van der Waals surface area contributed by atoms with E-state index in [0.29, 0.717) is 0 Å². The van der Waals surface area contributed by atoms with E-state index in [9.17, 15) is 0 Å². The summed E-state index contributed by atoms with van der Waals surface area (Å²) >= 11 is 0. The van der Waals surface area contributed by atoms with Crippen molar-refractivity contribution in [3.63, 3.8) is 0 Å². The molecule has 4 heteroatoms. The van der Waals surface area contributed by atoms with Crippen molar-refractivity contribution < 1.29 is 9.13 Å². The van der Waals surface area contributed by atoms with Crippen LogP contribution in [0.2, 0.25) is 0 Å². The van der Waals surface area contributed by atoms with Crippen LogP contribution in [-0.4, -0.2) is 9.55 Å². The van der Waals surface area contributed by atoms with E-state index in [1.54, 1.807) is 0 Å². The number of aromatic nitrogens is 4. The Morgan fingerprint density at radius 3 is 2.09 bits per heavy atom. The molecule has 23 heavy (non-hydrogen) atoms. The molecule has 2 aromatic heterocycles. The third-order valence-electron chi connectivity index (χ3n) is 4.46. The summed E-state index contributed by atoms with van der Waals surface area (Å²) in [5.74, 6) is 0. The lowest BCUT2D eigenvalue weighted by Gasteiger charge is -1.99. The van der Waals surface area contributed by atoms with Gasteiger partial charge >= 0.3 is 0 Å². The summed E-state index contributed by atoms with van der Waals surface area (Å²) in [7, 11) is 4.11. The van der Waals surface area contributed by atoms with Crippen LogP contribution in [0.3, 0.4) is 0 Å². The van der Waals surface area contributed by atoms with Crippen molar-refractivity contribution in [2.75, 3.05) is 0 Å². The van der Waals surface area contributed by atoms with Crippen LogP contribution in [0.1, 0.15) is 62.5 Å². The Bertz CT molecular complexity index is 546. The standard InChI is InChI=1S/C13H25N2.C6H10N2/c1-4-5-6-7-8-9-10-15-12-14(3)11-13(15)2;1-5-6(2)8(3)4-7-5/h11-12H,4-10H2,1-3H3;4H,1-3H3/q+1;/p+1. The van der Waals surface area contributed by atoms with Gasteiger partial charge in [-0.3, -0.25) is 0 Å². The third kappa shape index (κ3) is 7.02. The van der Waals surface area contributed by atoms with Gasteiger partial charge in [-0.2, -0.15) is 0 Å². The smallest absolute Gasteiger partial charge is 0.243 e. The molecule has 0 radical (unpaired) electrons. The molecule has 0 fully saturated rings. The molecule has 0 amide bonds. The number of hydrogen-bond donors (Lipinski definition) is 1. The first kappa shape index (κ1) is 19.5. The van der Waals surface area contributed by atoms with E-state index in [-0.39, 0.29) is 0 Å². The predicted molar refractivity (Wildman–Crippen MR) is 95.2 cm³/mol. The van der Waals surface area contributed by atoms with E-state index in [0.717, 1.165) is 0 Å². The van der Waals surface area contributed by atoms with Gasteiger partial charge in [0.05, 0.1) is 20.6 Å². The average molecular weight is 321 g/mol. The van der Waals surface area contributed by atoms with Crippen molar-refractivity contribution in [2.45, 2.75) is 72.8 Å². The first-order valence-electron chi connectivity index (χ1n) is 8.98. The summed E-state index contributed by atoms with van der Waals surface area (Å²) in [6.07, 6.45) is 14.6. The molecule has 0 bridgehead atoms. The minimum atomic E-state index is 1.18. The maximum absolute atomic E-state index is 3.10. The van der Waals surface area contributed by atoms with Gasteiger partial charge in [0.25, 0.3) is 0 Å². The van der Waals surface area contributed by atoms with Gasteiger partial charge in [0.15, 0.2) is 0 Å². The van der Waals surface area contributed by atoms with Crippen LogP contribution in [0.25, 0.3) is 0 Å². The van der Waals surface area contributed by atoms with Gasteiger partial charge < -0.3 is 0 Å². The molecular weight excluding hydrogens is 284 g/mol. The Kier molecular flexibility index (Phi) is 8.67. The summed E-state index contributed by atoms with van der Waals surface area (Å²) in [5, 5.41) is 0. The lowest BCUT2D eigenvalue weighted by molar-refractivity contribution is -0.676. The van der Waals surface area contributed by atoms with E-state index in [1.807, 2.05) is 13.4 Å². The fourth-order valence-electron chi connectivity index (χ4n) is 2.67. The lowest BCUT2D eigenvalue weighted by Crippen LogP contribution is -2.27. The molecule has 0 unspecified atom stereocenters. The van der Waals surface area contributed by atoms with Crippen molar-refractivity contribution in [3.8, 4) is 0 Å². The van der Waals surface area contributed by atoms with Crippen molar-refractivity contribution >= 4 is 0 Å². The van der Waals surface area contributed by atoms with Crippen LogP contribution in [0.4, 0.5) is 0 Å². The number of imidazole rings is 2. The fraction of sp³-hybridized carbons (Fsp3) is 0.684. The van der Waals surface area contributed by atoms with Crippen molar-refractivity contribution in [1.82, 2.24) is 9.55 Å². The molecular formula is C19H36N4+2. The van der Waals surface area contributed by atoms with Crippen LogP contribution >= 0.6 is 0 Å². The maximum atomic E-state index is 3.10. The molecule has 0 aliphatic carbocycles. The van der Waals surface area contributed by atoms with Gasteiger partial charge in [-0.15, -0.1) is 0 Å². The van der Waals surface area contributed by atoms with Crippen LogP contribution in [0.15, 0.2) is 18.9 Å². The summed E-state index contributed by atoms with van der Waals surface area (Å²) < 4.78 is 6.54. The molecule has 2 rings (SSSR count). The highest BCUT2D eigenvalue weighted by atomic mass is 15.1. The Morgan fingerprint density at radius 2 is 1.65 bits per heavy atom. The van der Waals surface area contributed by atoms with Crippen LogP contribution < -0.4 is 9.13 Å². The van der Waals surface area contributed by atoms with E-state index >= 15 is 0 Å². The molecule has 0 aliphatic heterocycles. The van der Waals surface area contributed by atoms with E-state index in [2.05, 4.69) is 66.0 Å². The highest BCUT2D eigenvalue weighted by Crippen LogP contribution is 2.06. The SMILES string of the molecule is CCCCCCCCn1c[n+](C)cc1C.Cc1[nH]c[n+](C)c1C. The molecule has 2 heterocycles. The average Bonchev–Trinajstić information content (AvgIpc) is 2.99. The Balaban J connectivity index is 0.000000277. The third-order valence-corrected chi connectivity index (χ3v) is 4.46. The van der Waals surface area contributed by atoms with Gasteiger partial charge in [-0.05, 0) is 12.8 Å². The van der Waals surface area contributed by atoms with E-state index in [1.165, 1.54) is 62.2 Å². The zero-order valence-electron chi connectivity index (χ0n) is 16.0. The monoisotopic (exact) mass is 320 g/mol. The number of rotatable bonds is 7. The second kappa shape index (κ2) is 10.2. The molecule has 0 aromatic carbocycles. The first-order chi connectivity index (χ1) is 11.0. The van der Waals surface area contributed by atoms with E-state index in [4.69, 9.17) is 0 Å². The number of H-pyrrole nitrogens is 1. The molecule has 130 valence electrons. The number of hydrogen-bond acceptors (Lipinski definition) is 0. The van der Waals surface area contributed by atoms with Gasteiger partial charge in [0.2, 0.25) is 12.7 Å². The van der Waals surface area contributed by atoms with Gasteiger partial charge in [0, 0.05) is 20.8 Å². The summed E-state index contributed by atoms with van der Waals surface area (Å²) in [5.41, 5.74) is 3.91. The number of nitrogens with one attached hydrogen (secondary N) is 1. The van der Waals surface area contributed by atoms with Crippen LogP contribution in [0.5, 0.6) is 0 Å². The molecule has 4 nitrogen and oxygen atoms in total. The Morgan fingerprint density at radius 1 is 1.00 bits per heavy atom. The normalized spacial score (nSPS) is 10.5. The quantitative estimate of drug-likeness (QED) is 0.598. The van der Waals surface area contributed by atoms with Crippen molar-refractivity contribution in [1.29, 1.82) is 0 Å². The summed E-state index contributed by atoms with van der Waals surface area (Å²) in [4.78, 5) is 3.10. The summed E-state index contributed by atoms with van der Waals surface area (Å²) in [6, 6.07) is 0. The zero-order valence-corrected chi connectivity index (χ0v) is 16.0. The first-order valence-corrected chi connectivity index (χ1v) is 8.98. The zero-order chi connectivity index (χ0) is 17.2. The number of aromatic amines is 1. The second-order valence-corrected chi connectivity index (χ2v) is 6.61. The molecule has 1 N–H and O–H groups in total. The predicted octanol–water partition coefficient (Wildman–Crippen LogP) is 3.44. The number of aryl methyl sites for hydroxylation is 5. The Hall–Kier alpha value is -1.58. The van der Waals surface area contributed by atoms with Gasteiger partial charge in [-0.25, -0.2) is 18.7 Å². The van der Waals surface area contributed by atoms with Crippen LogP contribution in [0, 0.1) is 20.8 Å². The Labute approximate surface area is 142 Å². The lowest BCUT2D eigenvalue weighted by atomic mass is 10.1. The highest BCUT2D eigenvalue weighted by molar-refractivity contribution is 4.98. The fourth-order valence-corrected chi connectivity index (χ4v) is 2.67. The van der Waals surface area contributed by atoms with Crippen LogP contribution in [-0.2, 0) is 20.6 Å². The minimum Gasteiger partial charge on any atom is -0.248 e. The van der Waals surface area contributed by atoms with Gasteiger partial charge in [0.1, 0.15) is 23.3 Å². The topological polar surface area (TPSA) is 28.5 Å². The molecule has 0 saturated carbocycles. The molecule has 0 spiro atoms. The summed E-state index contributed by atoms with van der Waals surface area (Å²) in [6.45, 7) is 9.78. The largest absolute Gasteiger partial charge is 0.248 e. The minimum absolute atomic E-state index is 1.18. The second-order valence-electron chi connectivity index (χ2n) is 6.61. The molecule has 2 aromatic rings. The van der Waals surface area contributed by atoms with Crippen molar-refractivity contribution in [2.24, 2.45) is 14.1 Å². The maximum Gasteiger partial charge on any atom is 0.243 e. The molecule has 0 saturated heterocycles. The van der Waals surface area contributed by atoms with Crippen molar-refractivity contribution in [3.05, 3.63) is 35.9 Å². The van der Waals surface area contributed by atoms with E-state index < -0.39 is 0 Å². The van der Waals surface area contributed by atoms with Gasteiger partial charge in [-0.1, -0.05) is 32.6 Å². The molecule has 0 aliphatic rings. The number of unbranched alkanes of at least 4 members (excludes halogenated alkanes) is 5. The molecule has 0 atom stereocenters. The highest BCUT2D eigenvalue weighted by Gasteiger charge is 2.05.